The summed E-state index contributed by atoms with van der Waals surface area (Å²) in [4.78, 5) is 23.0. The third-order valence-electron chi connectivity index (χ3n) is 6.03. The topological polar surface area (TPSA) is 108 Å². The van der Waals surface area contributed by atoms with Crippen molar-refractivity contribution in [1.82, 2.24) is 4.90 Å². The van der Waals surface area contributed by atoms with Crippen LogP contribution >= 0.6 is 0 Å². The third-order valence-corrected chi connectivity index (χ3v) is 6.03. The van der Waals surface area contributed by atoms with Gasteiger partial charge >= 0.3 is 11.4 Å². The van der Waals surface area contributed by atoms with E-state index < -0.39 is 9.85 Å². The lowest BCUT2D eigenvalue weighted by Gasteiger charge is -2.16. The SMILES string of the molecule is C=Cc1ccc([N+](=O)[O-])c(OC)c1.COc1cc(C2CCN(Cc3ccccc3)C2)ccc1[N+](=O)[O-]. The minimum atomic E-state index is -0.480. The monoisotopic (exact) mass is 491 g/mol. The highest BCUT2D eigenvalue weighted by atomic mass is 16.6. The molecule has 0 radical (unpaired) electrons. The number of hydrogen-bond donors (Lipinski definition) is 0. The van der Waals surface area contributed by atoms with E-state index in [1.54, 1.807) is 24.3 Å². The Labute approximate surface area is 209 Å². The zero-order chi connectivity index (χ0) is 26.1. The zero-order valence-corrected chi connectivity index (χ0v) is 20.3. The quantitative estimate of drug-likeness (QED) is 0.288. The smallest absolute Gasteiger partial charge is 0.310 e. The fourth-order valence-corrected chi connectivity index (χ4v) is 4.16. The first-order chi connectivity index (χ1) is 17.4. The predicted octanol–water partition coefficient (Wildman–Crippen LogP) is 5.84. The number of ether oxygens (including phenoxy) is 2. The van der Waals surface area contributed by atoms with Crippen LogP contribution in [-0.4, -0.2) is 42.1 Å². The van der Waals surface area contributed by atoms with Crippen molar-refractivity contribution in [1.29, 1.82) is 0 Å². The molecule has 1 fully saturated rings. The number of nitrogens with zero attached hydrogens (tertiary/aromatic N) is 3. The zero-order valence-electron chi connectivity index (χ0n) is 20.3. The fraction of sp³-hybridized carbons (Fsp3) is 0.259. The summed E-state index contributed by atoms with van der Waals surface area (Å²) in [5.41, 5.74) is 3.21. The number of nitro groups is 2. The highest BCUT2D eigenvalue weighted by Crippen LogP contribution is 2.34. The fourth-order valence-electron chi connectivity index (χ4n) is 4.16. The van der Waals surface area contributed by atoms with Crippen molar-refractivity contribution in [2.75, 3.05) is 27.3 Å². The second-order valence-corrected chi connectivity index (χ2v) is 8.29. The molecular weight excluding hydrogens is 462 g/mol. The van der Waals surface area contributed by atoms with E-state index in [4.69, 9.17) is 9.47 Å². The van der Waals surface area contributed by atoms with E-state index in [1.165, 1.54) is 25.8 Å². The van der Waals surface area contributed by atoms with E-state index in [0.717, 1.165) is 37.2 Å². The average Bonchev–Trinajstić information content (AvgIpc) is 3.37. The lowest BCUT2D eigenvalue weighted by atomic mass is 9.98. The van der Waals surface area contributed by atoms with Crippen molar-refractivity contribution < 1.29 is 19.3 Å². The molecule has 1 aliphatic heterocycles. The molecule has 9 nitrogen and oxygen atoms in total. The number of benzene rings is 3. The summed E-state index contributed by atoms with van der Waals surface area (Å²) in [6.45, 7) is 6.51. The van der Waals surface area contributed by atoms with Crippen molar-refractivity contribution in [3.63, 3.8) is 0 Å². The molecule has 4 rings (SSSR count). The molecule has 3 aromatic rings. The van der Waals surface area contributed by atoms with Crippen LogP contribution in [0.15, 0.2) is 73.3 Å². The summed E-state index contributed by atoms with van der Waals surface area (Å²) in [6, 6.07) is 20.2. The molecule has 1 heterocycles. The van der Waals surface area contributed by atoms with Crippen LogP contribution in [0.5, 0.6) is 11.5 Å². The van der Waals surface area contributed by atoms with Crippen LogP contribution in [-0.2, 0) is 6.54 Å². The standard InChI is InChI=1S/C18H20N2O3.C9H9NO3/c1-23-18-11-15(7-8-17(18)20(21)22)16-9-10-19(13-16)12-14-5-3-2-4-6-14;1-3-7-4-5-8(10(11)12)9(6-7)13-2/h2-8,11,16H,9-10,12-13H2,1H3;3-6H,1H2,2H3. The summed E-state index contributed by atoms with van der Waals surface area (Å²) in [7, 11) is 2.87. The van der Waals surface area contributed by atoms with Crippen LogP contribution in [0.1, 0.15) is 29.0 Å². The lowest BCUT2D eigenvalue weighted by molar-refractivity contribution is -0.385. The van der Waals surface area contributed by atoms with Crippen molar-refractivity contribution >= 4 is 17.5 Å². The van der Waals surface area contributed by atoms with Gasteiger partial charge in [-0.25, -0.2) is 0 Å². The van der Waals surface area contributed by atoms with Crippen LogP contribution < -0.4 is 9.47 Å². The van der Waals surface area contributed by atoms with Gasteiger partial charge in [-0.15, -0.1) is 0 Å². The van der Waals surface area contributed by atoms with Crippen molar-refractivity contribution in [2.24, 2.45) is 0 Å². The molecule has 0 amide bonds. The van der Waals surface area contributed by atoms with Gasteiger partial charge < -0.3 is 9.47 Å². The highest BCUT2D eigenvalue weighted by Gasteiger charge is 2.26. The molecule has 3 aromatic carbocycles. The Hall–Kier alpha value is -4.24. The molecule has 0 aromatic heterocycles. The first-order valence-electron chi connectivity index (χ1n) is 11.4. The second kappa shape index (κ2) is 12.5. The van der Waals surface area contributed by atoms with E-state index in [-0.39, 0.29) is 17.1 Å². The molecule has 0 bridgehead atoms. The van der Waals surface area contributed by atoms with Crippen LogP contribution in [0.3, 0.4) is 0 Å². The first kappa shape index (κ1) is 26.4. The van der Waals surface area contributed by atoms with Crippen molar-refractivity contribution in [2.45, 2.75) is 18.9 Å². The number of likely N-dealkylation sites (tertiary alicyclic amines) is 1. The molecule has 0 spiro atoms. The molecular formula is C27H29N3O6. The molecule has 0 saturated carbocycles. The molecule has 36 heavy (non-hydrogen) atoms. The van der Waals surface area contributed by atoms with Gasteiger partial charge in [0.1, 0.15) is 0 Å². The Morgan fingerprint density at radius 1 is 0.944 bits per heavy atom. The number of hydrogen-bond acceptors (Lipinski definition) is 7. The normalized spacial score (nSPS) is 14.9. The highest BCUT2D eigenvalue weighted by molar-refractivity contribution is 5.57. The number of rotatable bonds is 8. The molecule has 1 unspecified atom stereocenters. The third kappa shape index (κ3) is 6.67. The van der Waals surface area contributed by atoms with E-state index in [9.17, 15) is 20.2 Å². The summed E-state index contributed by atoms with van der Waals surface area (Å²) in [5.74, 6) is 0.991. The van der Waals surface area contributed by atoms with Gasteiger partial charge in [0, 0.05) is 25.2 Å². The van der Waals surface area contributed by atoms with Gasteiger partial charge in [0.15, 0.2) is 11.5 Å². The predicted molar refractivity (Wildman–Crippen MR) is 138 cm³/mol. The van der Waals surface area contributed by atoms with E-state index in [1.807, 2.05) is 18.2 Å². The first-order valence-corrected chi connectivity index (χ1v) is 11.4. The second-order valence-electron chi connectivity index (χ2n) is 8.29. The summed E-state index contributed by atoms with van der Waals surface area (Å²) >= 11 is 0. The summed E-state index contributed by atoms with van der Waals surface area (Å²) in [5, 5.41) is 21.5. The maximum absolute atomic E-state index is 11.0. The summed E-state index contributed by atoms with van der Waals surface area (Å²) < 4.78 is 10.0. The minimum Gasteiger partial charge on any atom is -0.490 e. The van der Waals surface area contributed by atoms with Crippen LogP contribution in [0, 0.1) is 20.2 Å². The van der Waals surface area contributed by atoms with Gasteiger partial charge in [0.05, 0.1) is 24.1 Å². The van der Waals surface area contributed by atoms with Gasteiger partial charge in [-0.3, -0.25) is 25.1 Å². The molecule has 188 valence electrons. The van der Waals surface area contributed by atoms with Gasteiger partial charge in [-0.2, -0.15) is 0 Å². The Morgan fingerprint density at radius 2 is 1.56 bits per heavy atom. The van der Waals surface area contributed by atoms with Crippen LogP contribution in [0.2, 0.25) is 0 Å². The summed E-state index contributed by atoms with van der Waals surface area (Å²) in [6.07, 6.45) is 2.67. The molecule has 0 aliphatic carbocycles. The maximum Gasteiger partial charge on any atom is 0.310 e. The molecule has 1 aliphatic rings. The van der Waals surface area contributed by atoms with Gasteiger partial charge in [-0.05, 0) is 53.8 Å². The van der Waals surface area contributed by atoms with Crippen molar-refractivity contribution in [3.05, 3.63) is 110 Å². The largest absolute Gasteiger partial charge is 0.490 e. The van der Waals surface area contributed by atoms with Crippen LogP contribution in [0.4, 0.5) is 11.4 Å². The van der Waals surface area contributed by atoms with E-state index >= 15 is 0 Å². The molecule has 9 heteroatoms. The molecule has 0 N–H and O–H groups in total. The minimum absolute atomic E-state index is 0.0235. The number of nitro benzene ring substituents is 2. The maximum atomic E-state index is 11.0. The van der Waals surface area contributed by atoms with Crippen molar-refractivity contribution in [3.8, 4) is 11.5 Å². The Balaban J connectivity index is 0.000000236. The van der Waals surface area contributed by atoms with Crippen LogP contribution in [0.25, 0.3) is 6.08 Å². The molecule has 1 atom stereocenters. The average molecular weight is 492 g/mol. The van der Waals surface area contributed by atoms with Gasteiger partial charge in [-0.1, -0.05) is 49.1 Å². The Bertz CT molecular complexity index is 1220. The Morgan fingerprint density at radius 3 is 2.14 bits per heavy atom. The van der Waals surface area contributed by atoms with Gasteiger partial charge in [0.2, 0.25) is 0 Å². The van der Waals surface area contributed by atoms with Gasteiger partial charge in [0.25, 0.3) is 0 Å². The van der Waals surface area contributed by atoms with E-state index in [2.05, 4.69) is 35.7 Å². The lowest BCUT2D eigenvalue weighted by Crippen LogP contribution is -2.19. The van der Waals surface area contributed by atoms with E-state index in [0.29, 0.717) is 11.7 Å². The number of methoxy groups -OCH3 is 2. The Kier molecular flexibility index (Phi) is 9.13. The molecule has 1 saturated heterocycles.